The van der Waals surface area contributed by atoms with Crippen molar-refractivity contribution in [3.05, 3.63) is 40.1 Å². The van der Waals surface area contributed by atoms with E-state index < -0.39 is 10.8 Å². The molecular formula is C11H14OS2. The zero-order valence-electron chi connectivity index (χ0n) is 8.61. The van der Waals surface area contributed by atoms with E-state index in [1.165, 1.54) is 17.3 Å². The molecule has 1 aromatic rings. The fourth-order valence-electron chi connectivity index (χ4n) is 1.08. The Hall–Kier alpha value is -0.540. The normalized spacial score (nSPS) is 14.1. The first kappa shape index (κ1) is 11.5. The lowest BCUT2D eigenvalue weighted by molar-refractivity contribution is 0.688. The van der Waals surface area contributed by atoms with Gasteiger partial charge in [-0.05, 0) is 32.2 Å². The van der Waals surface area contributed by atoms with Crippen LogP contribution < -0.4 is 0 Å². The summed E-state index contributed by atoms with van der Waals surface area (Å²) in [6.07, 6.45) is 3.85. The van der Waals surface area contributed by atoms with Crippen LogP contribution in [0, 0.1) is 6.92 Å². The van der Waals surface area contributed by atoms with Gasteiger partial charge >= 0.3 is 0 Å². The average molecular weight is 226 g/mol. The number of hydrogen-bond donors (Lipinski definition) is 0. The SMILES string of the molecule is C/C=C(/SC)[S@](=O)c1ccc(C)cc1. The molecule has 0 radical (unpaired) electrons. The van der Waals surface area contributed by atoms with Crippen LogP contribution in [0.2, 0.25) is 0 Å². The van der Waals surface area contributed by atoms with E-state index in [2.05, 4.69) is 0 Å². The van der Waals surface area contributed by atoms with Crippen LogP contribution in [0.3, 0.4) is 0 Å². The Morgan fingerprint density at radius 3 is 2.36 bits per heavy atom. The van der Waals surface area contributed by atoms with Crippen molar-refractivity contribution in [1.82, 2.24) is 0 Å². The van der Waals surface area contributed by atoms with E-state index in [-0.39, 0.29) is 0 Å². The van der Waals surface area contributed by atoms with Crippen LogP contribution in [-0.2, 0) is 10.8 Å². The average Bonchev–Trinajstić information content (AvgIpc) is 2.20. The van der Waals surface area contributed by atoms with Gasteiger partial charge in [0.25, 0.3) is 0 Å². The van der Waals surface area contributed by atoms with Gasteiger partial charge < -0.3 is 0 Å². The number of hydrogen-bond acceptors (Lipinski definition) is 2. The molecular weight excluding hydrogens is 212 g/mol. The molecule has 14 heavy (non-hydrogen) atoms. The highest BCUT2D eigenvalue weighted by atomic mass is 32.2. The molecule has 0 aliphatic carbocycles. The van der Waals surface area contributed by atoms with Gasteiger partial charge in [0.2, 0.25) is 0 Å². The topological polar surface area (TPSA) is 17.1 Å². The van der Waals surface area contributed by atoms with Gasteiger partial charge in [-0.15, -0.1) is 11.8 Å². The van der Waals surface area contributed by atoms with Crippen molar-refractivity contribution in [2.45, 2.75) is 18.7 Å². The molecule has 0 aliphatic rings. The Labute approximate surface area is 92.1 Å². The van der Waals surface area contributed by atoms with E-state index in [1.807, 2.05) is 50.4 Å². The molecule has 0 saturated carbocycles. The van der Waals surface area contributed by atoms with Crippen molar-refractivity contribution in [2.24, 2.45) is 0 Å². The first-order chi connectivity index (χ1) is 6.69. The number of aryl methyl sites for hydroxylation is 1. The van der Waals surface area contributed by atoms with Gasteiger partial charge in [-0.2, -0.15) is 0 Å². The molecule has 0 heterocycles. The second kappa shape index (κ2) is 5.37. The summed E-state index contributed by atoms with van der Waals surface area (Å²) < 4.78 is 12.9. The fourth-order valence-corrected chi connectivity index (χ4v) is 3.04. The molecule has 0 aliphatic heterocycles. The highest BCUT2D eigenvalue weighted by molar-refractivity contribution is 8.16. The zero-order valence-corrected chi connectivity index (χ0v) is 10.2. The minimum atomic E-state index is -1.01. The Balaban J connectivity index is 2.95. The molecule has 0 saturated heterocycles. The molecule has 0 N–H and O–H groups in total. The Bertz CT molecular complexity index is 352. The van der Waals surface area contributed by atoms with Crippen molar-refractivity contribution < 1.29 is 4.21 Å². The lowest BCUT2D eigenvalue weighted by Crippen LogP contribution is -1.92. The molecule has 1 atom stereocenters. The molecule has 0 spiro atoms. The zero-order chi connectivity index (χ0) is 10.6. The maximum Gasteiger partial charge on any atom is 0.0910 e. The van der Waals surface area contributed by atoms with E-state index >= 15 is 0 Å². The van der Waals surface area contributed by atoms with Crippen LogP contribution in [0.25, 0.3) is 0 Å². The van der Waals surface area contributed by atoms with E-state index in [0.29, 0.717) is 0 Å². The smallest absolute Gasteiger partial charge is 0.0910 e. The van der Waals surface area contributed by atoms with Crippen LogP contribution in [-0.4, -0.2) is 10.5 Å². The van der Waals surface area contributed by atoms with Gasteiger partial charge in [0.15, 0.2) is 0 Å². The van der Waals surface area contributed by atoms with Gasteiger partial charge in [-0.3, -0.25) is 0 Å². The van der Waals surface area contributed by atoms with Crippen molar-refractivity contribution in [1.29, 1.82) is 0 Å². The van der Waals surface area contributed by atoms with Gasteiger partial charge in [-0.25, -0.2) is 4.21 Å². The molecule has 1 aromatic carbocycles. The lowest BCUT2D eigenvalue weighted by Gasteiger charge is -2.03. The summed E-state index contributed by atoms with van der Waals surface area (Å²) in [5.41, 5.74) is 1.19. The minimum Gasteiger partial charge on any atom is -0.249 e. The quantitative estimate of drug-likeness (QED) is 0.786. The molecule has 0 fully saturated rings. The number of rotatable bonds is 3. The Kier molecular flexibility index (Phi) is 4.42. The largest absolute Gasteiger partial charge is 0.249 e. The van der Waals surface area contributed by atoms with Crippen molar-refractivity contribution in [2.75, 3.05) is 6.26 Å². The second-order valence-corrected chi connectivity index (χ2v) is 5.45. The van der Waals surface area contributed by atoms with E-state index in [9.17, 15) is 4.21 Å². The third-order valence-corrected chi connectivity index (χ3v) is 4.75. The molecule has 0 amide bonds. The van der Waals surface area contributed by atoms with Crippen LogP contribution >= 0.6 is 11.8 Å². The third kappa shape index (κ3) is 2.72. The summed E-state index contributed by atoms with van der Waals surface area (Å²) in [6, 6.07) is 7.82. The highest BCUT2D eigenvalue weighted by Crippen LogP contribution is 2.22. The highest BCUT2D eigenvalue weighted by Gasteiger charge is 2.07. The molecule has 0 unspecified atom stereocenters. The second-order valence-electron chi connectivity index (χ2n) is 2.89. The number of allylic oxidation sites excluding steroid dienone is 1. The molecule has 1 nitrogen and oxygen atoms in total. The van der Waals surface area contributed by atoms with Crippen molar-refractivity contribution in [3.63, 3.8) is 0 Å². The van der Waals surface area contributed by atoms with Gasteiger partial charge in [0, 0.05) is 4.90 Å². The van der Waals surface area contributed by atoms with E-state index in [4.69, 9.17) is 0 Å². The standard InChI is InChI=1S/C11H14OS2/c1-4-11(13-3)14(12)10-7-5-9(2)6-8-10/h4-8H,1-3H3/b11-4-/t14-/m1/s1. The fraction of sp³-hybridized carbons (Fsp3) is 0.273. The van der Waals surface area contributed by atoms with Gasteiger partial charge in [-0.1, -0.05) is 23.8 Å². The summed E-state index contributed by atoms with van der Waals surface area (Å²) in [4.78, 5) is 0.873. The summed E-state index contributed by atoms with van der Waals surface area (Å²) in [5.74, 6) is 0. The molecule has 1 rings (SSSR count). The predicted molar refractivity (Wildman–Crippen MR) is 64.9 cm³/mol. The molecule has 76 valence electrons. The van der Waals surface area contributed by atoms with Crippen LogP contribution in [0.15, 0.2) is 39.5 Å². The maximum absolute atomic E-state index is 11.9. The maximum atomic E-state index is 11.9. The lowest BCUT2D eigenvalue weighted by atomic mass is 10.2. The predicted octanol–water partition coefficient (Wildman–Crippen LogP) is 3.33. The van der Waals surface area contributed by atoms with Crippen molar-refractivity contribution >= 4 is 22.6 Å². The molecule has 0 aromatic heterocycles. The van der Waals surface area contributed by atoms with Crippen LogP contribution in [0.1, 0.15) is 12.5 Å². The summed E-state index contributed by atoms with van der Waals surface area (Å²) in [6.45, 7) is 3.94. The number of thioether (sulfide) groups is 1. The monoisotopic (exact) mass is 226 g/mol. The van der Waals surface area contributed by atoms with Gasteiger partial charge in [0.1, 0.15) is 0 Å². The van der Waals surface area contributed by atoms with Gasteiger partial charge in [0.05, 0.1) is 15.0 Å². The Morgan fingerprint density at radius 1 is 1.36 bits per heavy atom. The Morgan fingerprint density at radius 2 is 1.93 bits per heavy atom. The first-order valence-corrected chi connectivity index (χ1v) is 6.75. The number of benzene rings is 1. The van der Waals surface area contributed by atoms with Crippen LogP contribution in [0.5, 0.6) is 0 Å². The summed E-state index contributed by atoms with van der Waals surface area (Å²) in [7, 11) is -1.01. The van der Waals surface area contributed by atoms with Crippen molar-refractivity contribution in [3.8, 4) is 0 Å². The first-order valence-electron chi connectivity index (χ1n) is 4.37. The van der Waals surface area contributed by atoms with E-state index in [0.717, 1.165) is 9.13 Å². The molecule has 3 heteroatoms. The summed E-state index contributed by atoms with van der Waals surface area (Å²) in [5, 5.41) is 0. The third-order valence-electron chi connectivity index (χ3n) is 1.85. The summed E-state index contributed by atoms with van der Waals surface area (Å²) >= 11 is 1.54. The van der Waals surface area contributed by atoms with Crippen LogP contribution in [0.4, 0.5) is 0 Å². The molecule has 0 bridgehead atoms. The van der Waals surface area contributed by atoms with E-state index in [1.54, 1.807) is 0 Å². The minimum absolute atomic E-state index is 0.873.